The van der Waals surface area contributed by atoms with Crippen molar-refractivity contribution >= 4 is 11.7 Å². The first-order valence-corrected chi connectivity index (χ1v) is 3.77. The Morgan fingerprint density at radius 3 is 3.08 bits per heavy atom. The monoisotopic (exact) mass is 177 g/mol. The molecule has 0 aromatic carbocycles. The first-order chi connectivity index (χ1) is 6.36. The lowest BCUT2D eigenvalue weighted by molar-refractivity contribution is -0.125. The van der Waals surface area contributed by atoms with Gasteiger partial charge in [0.05, 0.1) is 0 Å². The van der Waals surface area contributed by atoms with Crippen LogP contribution in [-0.4, -0.2) is 23.3 Å². The van der Waals surface area contributed by atoms with Crippen LogP contribution >= 0.6 is 0 Å². The zero-order valence-corrected chi connectivity index (χ0v) is 6.73. The molecule has 66 valence electrons. The van der Waals surface area contributed by atoms with Gasteiger partial charge in [0.2, 0.25) is 0 Å². The molecule has 0 aliphatic carbocycles. The molecule has 13 heavy (non-hydrogen) atoms. The number of carbonyl (C=O) groups excluding carboxylic acids is 1. The molecule has 0 radical (unpaired) electrons. The Kier molecular flexibility index (Phi) is 1.91. The van der Waals surface area contributed by atoms with Crippen molar-refractivity contribution in [2.24, 2.45) is 5.16 Å². The van der Waals surface area contributed by atoms with Crippen molar-refractivity contribution in [2.75, 3.05) is 6.61 Å². The SMILES string of the molecule is O=C1CON=C(c2ccccn2)N1. The Balaban J connectivity index is 2.27. The van der Waals surface area contributed by atoms with Gasteiger partial charge in [0, 0.05) is 6.20 Å². The molecule has 1 aromatic rings. The van der Waals surface area contributed by atoms with E-state index in [1.165, 1.54) is 0 Å². The molecule has 0 atom stereocenters. The van der Waals surface area contributed by atoms with E-state index < -0.39 is 0 Å². The maximum atomic E-state index is 10.9. The number of amides is 1. The number of oxime groups is 1. The fraction of sp³-hybridized carbons (Fsp3) is 0.125. The van der Waals surface area contributed by atoms with E-state index in [1.54, 1.807) is 18.3 Å². The molecule has 0 bridgehead atoms. The summed E-state index contributed by atoms with van der Waals surface area (Å²) in [7, 11) is 0. The summed E-state index contributed by atoms with van der Waals surface area (Å²) >= 11 is 0. The Labute approximate surface area is 74.4 Å². The lowest BCUT2D eigenvalue weighted by Gasteiger charge is -2.11. The Hall–Kier alpha value is -1.91. The third-order valence-electron chi connectivity index (χ3n) is 1.52. The molecule has 1 N–H and O–H groups in total. The van der Waals surface area contributed by atoms with Gasteiger partial charge in [0.15, 0.2) is 12.4 Å². The van der Waals surface area contributed by atoms with Crippen molar-refractivity contribution in [2.45, 2.75) is 0 Å². The summed E-state index contributed by atoms with van der Waals surface area (Å²) < 4.78 is 0. The summed E-state index contributed by atoms with van der Waals surface area (Å²) in [5, 5.41) is 6.23. The fourth-order valence-electron chi connectivity index (χ4n) is 0.960. The average Bonchev–Trinajstić information content (AvgIpc) is 2.19. The minimum absolute atomic E-state index is 0.0314. The van der Waals surface area contributed by atoms with Crippen LogP contribution in [0.1, 0.15) is 5.69 Å². The normalized spacial score (nSPS) is 15.7. The Bertz CT molecular complexity index is 348. The van der Waals surface area contributed by atoms with E-state index in [9.17, 15) is 4.79 Å². The molecular weight excluding hydrogens is 170 g/mol. The molecule has 1 aliphatic heterocycles. The van der Waals surface area contributed by atoms with Gasteiger partial charge in [-0.3, -0.25) is 9.78 Å². The van der Waals surface area contributed by atoms with Crippen molar-refractivity contribution in [3.8, 4) is 0 Å². The minimum atomic E-state index is -0.212. The van der Waals surface area contributed by atoms with Crippen LogP contribution in [-0.2, 0) is 9.63 Å². The van der Waals surface area contributed by atoms with Crippen molar-refractivity contribution in [1.82, 2.24) is 10.3 Å². The second-order valence-corrected chi connectivity index (χ2v) is 2.48. The average molecular weight is 177 g/mol. The highest BCUT2D eigenvalue weighted by Crippen LogP contribution is 1.98. The van der Waals surface area contributed by atoms with Gasteiger partial charge >= 0.3 is 0 Å². The van der Waals surface area contributed by atoms with Crippen LogP contribution < -0.4 is 5.32 Å². The molecule has 1 aliphatic rings. The van der Waals surface area contributed by atoms with Gasteiger partial charge < -0.3 is 10.2 Å². The highest BCUT2D eigenvalue weighted by Gasteiger charge is 2.14. The molecule has 5 heteroatoms. The molecular formula is C8H7N3O2. The van der Waals surface area contributed by atoms with Gasteiger partial charge in [-0.1, -0.05) is 11.2 Å². The second-order valence-electron chi connectivity index (χ2n) is 2.48. The van der Waals surface area contributed by atoms with Crippen LogP contribution in [0.4, 0.5) is 0 Å². The molecule has 2 heterocycles. The third kappa shape index (κ3) is 1.64. The van der Waals surface area contributed by atoms with Gasteiger partial charge in [0.1, 0.15) is 5.69 Å². The summed E-state index contributed by atoms with van der Waals surface area (Å²) in [5.41, 5.74) is 0.593. The summed E-state index contributed by atoms with van der Waals surface area (Å²) in [5.74, 6) is 0.146. The molecule has 1 amide bonds. The van der Waals surface area contributed by atoms with E-state index in [0.29, 0.717) is 11.5 Å². The molecule has 1 aromatic heterocycles. The van der Waals surface area contributed by atoms with Crippen LogP contribution in [0, 0.1) is 0 Å². The maximum Gasteiger partial charge on any atom is 0.266 e. The first-order valence-electron chi connectivity index (χ1n) is 3.77. The summed E-state index contributed by atoms with van der Waals surface area (Å²) in [6.07, 6.45) is 1.62. The summed E-state index contributed by atoms with van der Waals surface area (Å²) in [4.78, 5) is 19.6. The summed E-state index contributed by atoms with van der Waals surface area (Å²) in [6.45, 7) is -0.0314. The van der Waals surface area contributed by atoms with Crippen molar-refractivity contribution in [1.29, 1.82) is 0 Å². The standard InChI is InChI=1S/C8H7N3O2/c12-7-5-13-11-8(10-7)6-3-1-2-4-9-6/h1-4H,5H2,(H,10,11,12). The number of hydrogen-bond acceptors (Lipinski definition) is 4. The molecule has 5 nitrogen and oxygen atoms in total. The van der Waals surface area contributed by atoms with E-state index in [2.05, 4.69) is 20.3 Å². The quantitative estimate of drug-likeness (QED) is 0.651. The minimum Gasteiger partial charge on any atom is -0.384 e. The third-order valence-corrected chi connectivity index (χ3v) is 1.52. The number of nitrogens with one attached hydrogen (secondary N) is 1. The number of nitrogens with zero attached hydrogens (tertiary/aromatic N) is 2. The summed E-state index contributed by atoms with van der Waals surface area (Å²) in [6, 6.07) is 5.34. The highest BCUT2D eigenvalue weighted by atomic mass is 16.6. The smallest absolute Gasteiger partial charge is 0.266 e. The van der Waals surface area contributed by atoms with Crippen LogP contribution in [0.2, 0.25) is 0 Å². The predicted octanol–water partition coefficient (Wildman–Crippen LogP) is -0.110. The maximum absolute atomic E-state index is 10.9. The van der Waals surface area contributed by atoms with Crippen LogP contribution in [0.3, 0.4) is 0 Å². The largest absolute Gasteiger partial charge is 0.384 e. The van der Waals surface area contributed by atoms with Crippen molar-refractivity contribution < 1.29 is 9.63 Å². The second kappa shape index (κ2) is 3.22. The van der Waals surface area contributed by atoms with E-state index in [4.69, 9.17) is 0 Å². The topological polar surface area (TPSA) is 63.6 Å². The zero-order chi connectivity index (χ0) is 9.10. The fourth-order valence-corrected chi connectivity index (χ4v) is 0.960. The lowest BCUT2D eigenvalue weighted by Crippen LogP contribution is -2.38. The highest BCUT2D eigenvalue weighted by molar-refractivity contribution is 6.07. The molecule has 2 rings (SSSR count). The van der Waals surface area contributed by atoms with Gasteiger partial charge in [-0.05, 0) is 12.1 Å². The number of carbonyl (C=O) groups is 1. The van der Waals surface area contributed by atoms with Crippen molar-refractivity contribution in [3.05, 3.63) is 30.1 Å². The number of rotatable bonds is 1. The van der Waals surface area contributed by atoms with Gasteiger partial charge in [-0.25, -0.2) is 0 Å². The van der Waals surface area contributed by atoms with Gasteiger partial charge in [-0.2, -0.15) is 0 Å². The van der Waals surface area contributed by atoms with Crippen molar-refractivity contribution in [3.63, 3.8) is 0 Å². The van der Waals surface area contributed by atoms with Crippen LogP contribution in [0.5, 0.6) is 0 Å². The zero-order valence-electron chi connectivity index (χ0n) is 6.73. The van der Waals surface area contributed by atoms with E-state index in [-0.39, 0.29) is 12.5 Å². The molecule has 0 saturated heterocycles. The lowest BCUT2D eigenvalue weighted by atomic mass is 10.3. The first kappa shape index (κ1) is 7.72. The van der Waals surface area contributed by atoms with Gasteiger partial charge in [-0.15, -0.1) is 0 Å². The number of hydrogen-bond donors (Lipinski definition) is 1. The predicted molar refractivity (Wildman–Crippen MR) is 44.9 cm³/mol. The van der Waals surface area contributed by atoms with E-state index in [1.807, 2.05) is 6.07 Å². The molecule has 0 fully saturated rings. The Morgan fingerprint density at radius 1 is 1.46 bits per heavy atom. The number of amidine groups is 1. The van der Waals surface area contributed by atoms with Crippen LogP contribution in [0.15, 0.2) is 29.6 Å². The van der Waals surface area contributed by atoms with E-state index >= 15 is 0 Å². The number of aromatic nitrogens is 1. The number of pyridine rings is 1. The Morgan fingerprint density at radius 2 is 2.38 bits per heavy atom. The van der Waals surface area contributed by atoms with Gasteiger partial charge in [0.25, 0.3) is 5.91 Å². The van der Waals surface area contributed by atoms with E-state index in [0.717, 1.165) is 0 Å². The molecule has 0 saturated carbocycles. The molecule has 0 spiro atoms. The molecule has 0 unspecified atom stereocenters. The van der Waals surface area contributed by atoms with Crippen LogP contribution in [0.25, 0.3) is 0 Å².